The van der Waals surface area contributed by atoms with Crippen molar-refractivity contribution in [3.05, 3.63) is 75.5 Å². The summed E-state index contributed by atoms with van der Waals surface area (Å²) in [5.74, 6) is 1.41. The highest BCUT2D eigenvalue weighted by Crippen LogP contribution is 2.27. The second-order valence-electron chi connectivity index (χ2n) is 7.09. The number of aromatic amines is 1. The molecule has 2 unspecified atom stereocenters. The zero-order valence-corrected chi connectivity index (χ0v) is 18.5. The number of pyridine rings is 1. The Hall–Kier alpha value is -3.64. The first-order chi connectivity index (χ1) is 15.9. The maximum atomic E-state index is 11.5. The third-order valence-electron chi connectivity index (χ3n) is 4.44. The van der Waals surface area contributed by atoms with E-state index >= 15 is 0 Å². The smallest absolute Gasteiger partial charge is 0.248 e. The molecule has 4 rings (SSSR count). The second-order valence-corrected chi connectivity index (χ2v) is 7.50. The molecule has 4 N–H and O–H groups in total. The Bertz CT molecular complexity index is 1330. The zero-order chi connectivity index (χ0) is 23.4. The minimum atomic E-state index is -0.492. The summed E-state index contributed by atoms with van der Waals surface area (Å²) in [7, 11) is 0. The van der Waals surface area contributed by atoms with Crippen molar-refractivity contribution in [3.8, 4) is 17.1 Å². The summed E-state index contributed by atoms with van der Waals surface area (Å²) >= 11 is 6.45. The molecule has 11 nitrogen and oxygen atoms in total. The monoisotopic (exact) mass is 468 g/mol. The molecule has 3 aromatic heterocycles. The molecule has 0 aliphatic heterocycles. The molecule has 0 fully saturated rings. The van der Waals surface area contributed by atoms with Crippen LogP contribution >= 0.6 is 11.6 Å². The topological polar surface area (TPSA) is 150 Å². The van der Waals surface area contributed by atoms with Gasteiger partial charge in [0.1, 0.15) is 6.10 Å². The average Bonchev–Trinajstić information content (AvgIpc) is 3.44. The van der Waals surface area contributed by atoms with Gasteiger partial charge in [-0.15, -0.1) is 20.4 Å². The van der Waals surface area contributed by atoms with Gasteiger partial charge in [-0.2, -0.15) is 5.48 Å². The summed E-state index contributed by atoms with van der Waals surface area (Å²) in [6, 6.07) is 10.3. The molecule has 0 saturated carbocycles. The molecule has 3 heterocycles. The van der Waals surface area contributed by atoms with Gasteiger partial charge in [0.25, 0.3) is 0 Å². The molecule has 2 atom stereocenters. The summed E-state index contributed by atoms with van der Waals surface area (Å²) in [5, 5.41) is 17.0. The number of para-hydroxylation sites is 1. The van der Waals surface area contributed by atoms with Crippen molar-refractivity contribution in [1.82, 2.24) is 35.4 Å². The van der Waals surface area contributed by atoms with Crippen molar-refractivity contribution in [2.24, 2.45) is 5.73 Å². The number of H-pyrrole nitrogens is 1. The minimum Gasteiger partial charge on any atom is -0.417 e. The lowest BCUT2D eigenvalue weighted by molar-refractivity contribution is -0.0372. The zero-order valence-electron chi connectivity index (χ0n) is 17.8. The standard InChI is InChI=1S/C21H21ClN8O3/c1-12(33-29-13(2)23)20-27-25-17(30(20)16-6-4-3-5-15(16)22)7-8-19-26-28-21(32-19)14-9-10-24-18(31)11-14/h3-13,29H,23H2,1-2H3,(H,24,31)/b8-7+. The maximum absolute atomic E-state index is 11.5. The quantitative estimate of drug-likeness (QED) is 0.262. The molecule has 0 amide bonds. The molecule has 33 heavy (non-hydrogen) atoms. The molecule has 12 heteroatoms. The van der Waals surface area contributed by atoms with Crippen LogP contribution in [0, 0.1) is 0 Å². The number of hydrogen-bond acceptors (Lipinski definition) is 9. The summed E-state index contributed by atoms with van der Waals surface area (Å²) in [5.41, 5.74) is 9.34. The normalized spacial score (nSPS) is 13.5. The van der Waals surface area contributed by atoms with E-state index in [1.165, 1.54) is 12.3 Å². The Kier molecular flexibility index (Phi) is 6.75. The van der Waals surface area contributed by atoms with Gasteiger partial charge in [0.2, 0.25) is 17.3 Å². The number of hydrogen-bond donors (Lipinski definition) is 3. The van der Waals surface area contributed by atoms with Crippen LogP contribution in [0.1, 0.15) is 37.5 Å². The highest BCUT2D eigenvalue weighted by Gasteiger charge is 2.21. The third-order valence-corrected chi connectivity index (χ3v) is 4.76. The molecular formula is C21H21ClN8O3. The van der Waals surface area contributed by atoms with E-state index in [1.54, 1.807) is 35.8 Å². The van der Waals surface area contributed by atoms with Crippen molar-refractivity contribution in [2.45, 2.75) is 26.1 Å². The highest BCUT2D eigenvalue weighted by molar-refractivity contribution is 6.32. The van der Waals surface area contributed by atoms with Crippen molar-refractivity contribution >= 4 is 23.8 Å². The molecule has 0 aliphatic rings. The molecule has 170 valence electrons. The first kappa shape index (κ1) is 22.6. The fraction of sp³-hybridized carbons (Fsp3) is 0.190. The molecule has 1 aromatic carbocycles. The largest absolute Gasteiger partial charge is 0.417 e. The van der Waals surface area contributed by atoms with Gasteiger partial charge in [0, 0.05) is 23.9 Å². The van der Waals surface area contributed by atoms with Crippen LogP contribution in [-0.2, 0) is 4.84 Å². The molecule has 0 bridgehead atoms. The van der Waals surface area contributed by atoms with E-state index in [4.69, 9.17) is 26.6 Å². The number of halogens is 1. The van der Waals surface area contributed by atoms with E-state index in [9.17, 15) is 4.79 Å². The molecule has 0 saturated heterocycles. The molecule has 0 aliphatic carbocycles. The number of aromatic nitrogens is 6. The van der Waals surface area contributed by atoms with E-state index in [-0.39, 0.29) is 23.5 Å². The minimum absolute atomic E-state index is 0.220. The van der Waals surface area contributed by atoms with Gasteiger partial charge in [0.15, 0.2) is 11.6 Å². The lowest BCUT2D eigenvalue weighted by Crippen LogP contribution is -2.35. The second kappa shape index (κ2) is 9.88. The Morgan fingerprint density at radius 1 is 1.18 bits per heavy atom. The number of benzene rings is 1. The van der Waals surface area contributed by atoms with E-state index in [0.29, 0.717) is 27.9 Å². The summed E-state index contributed by atoms with van der Waals surface area (Å²) in [4.78, 5) is 19.6. The van der Waals surface area contributed by atoms with E-state index in [1.807, 2.05) is 25.1 Å². The Morgan fingerprint density at radius 2 is 2.00 bits per heavy atom. The first-order valence-electron chi connectivity index (χ1n) is 10.00. The van der Waals surface area contributed by atoms with Crippen LogP contribution in [0.3, 0.4) is 0 Å². The van der Waals surface area contributed by atoms with Gasteiger partial charge >= 0.3 is 0 Å². The van der Waals surface area contributed by atoms with Crippen LogP contribution in [0.15, 0.2) is 51.8 Å². The van der Waals surface area contributed by atoms with Gasteiger partial charge < -0.3 is 15.1 Å². The van der Waals surface area contributed by atoms with Crippen molar-refractivity contribution in [1.29, 1.82) is 0 Å². The predicted octanol–water partition coefficient (Wildman–Crippen LogP) is 2.72. The van der Waals surface area contributed by atoms with Gasteiger partial charge in [-0.05, 0) is 38.1 Å². The van der Waals surface area contributed by atoms with Crippen LogP contribution in [0.5, 0.6) is 0 Å². The van der Waals surface area contributed by atoms with Gasteiger partial charge in [-0.25, -0.2) is 0 Å². The van der Waals surface area contributed by atoms with Crippen molar-refractivity contribution in [2.75, 3.05) is 0 Å². The summed E-state index contributed by atoms with van der Waals surface area (Å²) in [6.45, 7) is 3.57. The number of hydroxylamine groups is 1. The van der Waals surface area contributed by atoms with Crippen LogP contribution < -0.4 is 16.8 Å². The van der Waals surface area contributed by atoms with Crippen LogP contribution in [0.25, 0.3) is 29.3 Å². The third kappa shape index (κ3) is 5.23. The number of rotatable bonds is 8. The average molecular weight is 469 g/mol. The highest BCUT2D eigenvalue weighted by atomic mass is 35.5. The molecule has 0 radical (unpaired) electrons. The first-order valence-corrected chi connectivity index (χ1v) is 10.4. The fourth-order valence-corrected chi connectivity index (χ4v) is 3.18. The van der Waals surface area contributed by atoms with Crippen LogP contribution in [0.4, 0.5) is 0 Å². The number of nitrogens with zero attached hydrogens (tertiary/aromatic N) is 5. The molecule has 0 spiro atoms. The maximum Gasteiger partial charge on any atom is 0.248 e. The summed E-state index contributed by atoms with van der Waals surface area (Å²) < 4.78 is 7.41. The predicted molar refractivity (Wildman–Crippen MR) is 122 cm³/mol. The van der Waals surface area contributed by atoms with Gasteiger partial charge in [-0.3, -0.25) is 14.2 Å². The summed E-state index contributed by atoms with van der Waals surface area (Å²) in [6.07, 6.45) is 3.91. The van der Waals surface area contributed by atoms with E-state index in [2.05, 4.69) is 30.9 Å². The SMILES string of the molecule is CC(N)NOC(C)c1nnc(/C=C/c2nnc(-c3cc[nH]c(=O)c3)o2)n1-c1ccccc1Cl. The lowest BCUT2D eigenvalue weighted by Gasteiger charge is -2.17. The van der Waals surface area contributed by atoms with Gasteiger partial charge in [0.05, 0.1) is 16.9 Å². The number of nitrogens with one attached hydrogen (secondary N) is 2. The van der Waals surface area contributed by atoms with Crippen molar-refractivity contribution < 1.29 is 9.25 Å². The van der Waals surface area contributed by atoms with Crippen LogP contribution in [0.2, 0.25) is 5.02 Å². The van der Waals surface area contributed by atoms with Crippen molar-refractivity contribution in [3.63, 3.8) is 0 Å². The Labute approximate surface area is 193 Å². The van der Waals surface area contributed by atoms with Crippen LogP contribution in [-0.4, -0.2) is 36.1 Å². The molecular weight excluding hydrogens is 448 g/mol. The lowest BCUT2D eigenvalue weighted by atomic mass is 10.2. The molecule has 4 aromatic rings. The Balaban J connectivity index is 1.67. The Morgan fingerprint density at radius 3 is 2.76 bits per heavy atom. The number of nitrogens with two attached hydrogens (primary N) is 1. The van der Waals surface area contributed by atoms with Gasteiger partial charge in [-0.1, -0.05) is 23.7 Å². The fourth-order valence-electron chi connectivity index (χ4n) is 2.96. The van der Waals surface area contributed by atoms with E-state index in [0.717, 1.165) is 0 Å². The van der Waals surface area contributed by atoms with E-state index < -0.39 is 6.10 Å².